The fourth-order valence-corrected chi connectivity index (χ4v) is 2.93. The number of anilines is 1. The molecule has 3 aromatic rings. The smallest absolute Gasteiger partial charge is 0.259 e. The molecule has 0 aliphatic carbocycles. The van der Waals surface area contributed by atoms with Gasteiger partial charge in [-0.15, -0.1) is 0 Å². The molecule has 0 heterocycles. The Morgan fingerprint density at radius 3 is 2.35 bits per heavy atom. The molecule has 0 fully saturated rings. The highest BCUT2D eigenvalue weighted by atomic mass is 16.2. The van der Waals surface area contributed by atoms with Crippen LogP contribution >= 0.6 is 0 Å². The quantitative estimate of drug-likeness (QED) is 0.532. The fourth-order valence-electron chi connectivity index (χ4n) is 2.93. The highest BCUT2D eigenvalue weighted by Gasteiger charge is 2.05. The molecule has 0 saturated heterocycles. The van der Waals surface area contributed by atoms with Gasteiger partial charge in [0, 0.05) is 5.69 Å². The predicted molar refractivity (Wildman–Crippen MR) is 109 cm³/mol. The first kappa shape index (κ1) is 17.7. The van der Waals surface area contributed by atoms with E-state index in [1.165, 1.54) is 5.39 Å². The van der Waals surface area contributed by atoms with Crippen molar-refractivity contribution >= 4 is 28.1 Å². The average Bonchev–Trinajstić information content (AvgIpc) is 2.65. The van der Waals surface area contributed by atoms with E-state index in [-0.39, 0.29) is 12.5 Å². The summed E-state index contributed by atoms with van der Waals surface area (Å²) >= 11 is 0. The highest BCUT2D eigenvalue weighted by molar-refractivity contribution is 6.02. The van der Waals surface area contributed by atoms with Gasteiger partial charge in [-0.2, -0.15) is 5.10 Å². The lowest BCUT2D eigenvalue weighted by molar-refractivity contribution is -0.119. The second-order valence-corrected chi connectivity index (χ2v) is 6.41. The van der Waals surface area contributed by atoms with Crippen LogP contribution in [-0.4, -0.2) is 18.2 Å². The number of carbonyl (C=O) groups excluding carboxylic acids is 1. The van der Waals surface area contributed by atoms with E-state index >= 15 is 0 Å². The van der Waals surface area contributed by atoms with Gasteiger partial charge in [-0.25, -0.2) is 5.43 Å². The molecule has 3 rings (SSSR count). The Hall–Kier alpha value is -3.14. The Labute approximate surface area is 153 Å². The van der Waals surface area contributed by atoms with Crippen LogP contribution in [0.5, 0.6) is 0 Å². The Morgan fingerprint density at radius 1 is 0.923 bits per heavy atom. The van der Waals surface area contributed by atoms with Crippen LogP contribution in [0.3, 0.4) is 0 Å². The van der Waals surface area contributed by atoms with Crippen molar-refractivity contribution in [2.45, 2.75) is 20.8 Å². The minimum absolute atomic E-state index is 0.173. The lowest BCUT2D eigenvalue weighted by Crippen LogP contribution is -2.27. The van der Waals surface area contributed by atoms with Gasteiger partial charge in [0.05, 0.1) is 12.3 Å². The standard InChI is InChI=1S/C22H23N3O/c1-15-7-6-8-16(2)22(15)23-14-21(26)25-24-17(3)19-12-11-18-9-4-5-10-20(18)13-19/h4-13,23H,14H2,1-3H3,(H,25,26)/b24-17-. The zero-order valence-corrected chi connectivity index (χ0v) is 15.3. The van der Waals surface area contributed by atoms with Crippen molar-refractivity contribution in [1.82, 2.24) is 5.43 Å². The van der Waals surface area contributed by atoms with E-state index < -0.39 is 0 Å². The largest absolute Gasteiger partial charge is 0.376 e. The molecular weight excluding hydrogens is 322 g/mol. The number of para-hydroxylation sites is 1. The van der Waals surface area contributed by atoms with Gasteiger partial charge >= 0.3 is 0 Å². The molecule has 0 aliphatic rings. The number of carbonyl (C=O) groups is 1. The summed E-state index contributed by atoms with van der Waals surface area (Å²) in [4.78, 5) is 12.1. The van der Waals surface area contributed by atoms with Crippen LogP contribution < -0.4 is 10.7 Å². The topological polar surface area (TPSA) is 53.5 Å². The number of rotatable bonds is 5. The van der Waals surface area contributed by atoms with Crippen LogP contribution in [0.15, 0.2) is 65.8 Å². The van der Waals surface area contributed by atoms with Crippen LogP contribution in [0.4, 0.5) is 5.69 Å². The summed E-state index contributed by atoms with van der Waals surface area (Å²) < 4.78 is 0. The molecule has 0 aromatic heterocycles. The average molecular weight is 345 g/mol. The first-order valence-electron chi connectivity index (χ1n) is 8.67. The van der Waals surface area contributed by atoms with Crippen molar-refractivity contribution in [3.63, 3.8) is 0 Å². The lowest BCUT2D eigenvalue weighted by atomic mass is 10.0. The molecule has 0 radical (unpaired) electrons. The van der Waals surface area contributed by atoms with Gasteiger partial charge in [0.1, 0.15) is 0 Å². The molecule has 4 heteroatoms. The molecule has 0 aliphatic heterocycles. The second kappa shape index (κ2) is 7.83. The summed E-state index contributed by atoms with van der Waals surface area (Å²) in [6, 6.07) is 20.4. The van der Waals surface area contributed by atoms with Crippen molar-refractivity contribution in [2.24, 2.45) is 5.10 Å². The number of hydrogen-bond acceptors (Lipinski definition) is 3. The van der Waals surface area contributed by atoms with E-state index in [1.807, 2.05) is 57.2 Å². The van der Waals surface area contributed by atoms with E-state index in [0.717, 1.165) is 33.5 Å². The third kappa shape index (κ3) is 4.09. The number of nitrogens with zero attached hydrogens (tertiary/aromatic N) is 1. The minimum atomic E-state index is -0.173. The van der Waals surface area contributed by atoms with Gasteiger partial charge in [-0.05, 0) is 54.3 Å². The van der Waals surface area contributed by atoms with Gasteiger partial charge in [0.2, 0.25) is 0 Å². The molecule has 0 saturated carbocycles. The van der Waals surface area contributed by atoms with Crippen molar-refractivity contribution < 1.29 is 4.79 Å². The van der Waals surface area contributed by atoms with Gasteiger partial charge in [0.25, 0.3) is 5.91 Å². The SMILES string of the molecule is C/C(=N/NC(=O)CNc1c(C)cccc1C)c1ccc2ccccc2c1. The van der Waals surface area contributed by atoms with Crippen LogP contribution in [-0.2, 0) is 4.79 Å². The van der Waals surface area contributed by atoms with Crippen LogP contribution in [0.2, 0.25) is 0 Å². The maximum atomic E-state index is 12.1. The number of nitrogens with one attached hydrogen (secondary N) is 2. The molecule has 0 atom stereocenters. The number of hydrogen-bond donors (Lipinski definition) is 2. The Balaban J connectivity index is 1.63. The van der Waals surface area contributed by atoms with E-state index in [1.54, 1.807) is 0 Å². The molecule has 0 bridgehead atoms. The number of aryl methyl sites for hydroxylation is 2. The summed E-state index contributed by atoms with van der Waals surface area (Å²) in [6.45, 7) is 6.12. The molecule has 1 amide bonds. The summed E-state index contributed by atoms with van der Waals surface area (Å²) in [5, 5.41) is 9.76. The fraction of sp³-hybridized carbons (Fsp3) is 0.182. The van der Waals surface area contributed by atoms with Crippen LogP contribution in [0.1, 0.15) is 23.6 Å². The van der Waals surface area contributed by atoms with Gasteiger partial charge in [-0.3, -0.25) is 4.79 Å². The number of amides is 1. The third-order valence-electron chi connectivity index (χ3n) is 4.42. The number of benzene rings is 3. The molecular formula is C22H23N3O. The van der Waals surface area contributed by atoms with Crippen molar-refractivity contribution in [1.29, 1.82) is 0 Å². The minimum Gasteiger partial charge on any atom is -0.376 e. The normalized spacial score (nSPS) is 11.4. The van der Waals surface area contributed by atoms with Gasteiger partial charge in [-0.1, -0.05) is 54.6 Å². The molecule has 3 aromatic carbocycles. The van der Waals surface area contributed by atoms with E-state index in [0.29, 0.717) is 0 Å². The summed E-state index contributed by atoms with van der Waals surface area (Å²) in [5.41, 5.74) is 7.63. The summed E-state index contributed by atoms with van der Waals surface area (Å²) in [6.07, 6.45) is 0. The van der Waals surface area contributed by atoms with Gasteiger partial charge < -0.3 is 5.32 Å². The zero-order chi connectivity index (χ0) is 18.5. The predicted octanol–water partition coefficient (Wildman–Crippen LogP) is 4.41. The Bertz CT molecular complexity index is 956. The molecule has 2 N–H and O–H groups in total. The highest BCUT2D eigenvalue weighted by Crippen LogP contribution is 2.19. The van der Waals surface area contributed by atoms with Crippen molar-refractivity contribution in [2.75, 3.05) is 11.9 Å². The summed E-state index contributed by atoms with van der Waals surface area (Å²) in [7, 11) is 0. The lowest BCUT2D eigenvalue weighted by Gasteiger charge is -2.11. The van der Waals surface area contributed by atoms with Gasteiger partial charge in [0.15, 0.2) is 0 Å². The summed E-state index contributed by atoms with van der Waals surface area (Å²) in [5.74, 6) is -0.173. The Morgan fingerprint density at radius 2 is 1.62 bits per heavy atom. The second-order valence-electron chi connectivity index (χ2n) is 6.41. The molecule has 4 nitrogen and oxygen atoms in total. The van der Waals surface area contributed by atoms with Crippen molar-refractivity contribution in [3.05, 3.63) is 77.4 Å². The third-order valence-corrected chi connectivity index (χ3v) is 4.42. The maximum absolute atomic E-state index is 12.1. The molecule has 132 valence electrons. The molecule has 0 spiro atoms. The van der Waals surface area contributed by atoms with E-state index in [9.17, 15) is 4.79 Å². The first-order chi connectivity index (χ1) is 12.5. The van der Waals surface area contributed by atoms with E-state index in [4.69, 9.17) is 0 Å². The van der Waals surface area contributed by atoms with E-state index in [2.05, 4.69) is 40.1 Å². The maximum Gasteiger partial charge on any atom is 0.259 e. The number of fused-ring (bicyclic) bond motifs is 1. The zero-order valence-electron chi connectivity index (χ0n) is 15.3. The molecule has 26 heavy (non-hydrogen) atoms. The monoisotopic (exact) mass is 345 g/mol. The van der Waals surface area contributed by atoms with Crippen LogP contribution in [0.25, 0.3) is 10.8 Å². The number of hydrazone groups is 1. The van der Waals surface area contributed by atoms with Crippen LogP contribution in [0, 0.1) is 13.8 Å². The molecule has 0 unspecified atom stereocenters. The van der Waals surface area contributed by atoms with Crippen molar-refractivity contribution in [3.8, 4) is 0 Å². The Kier molecular flexibility index (Phi) is 5.32. The first-order valence-corrected chi connectivity index (χ1v) is 8.67.